The van der Waals surface area contributed by atoms with Crippen molar-refractivity contribution < 1.29 is 55.8 Å². The molecule has 0 aromatic heterocycles. The van der Waals surface area contributed by atoms with Crippen LogP contribution in [0.4, 0.5) is 17.1 Å². The van der Waals surface area contributed by atoms with Crippen molar-refractivity contribution in [2.24, 2.45) is 11.7 Å². The average molecular weight is 817 g/mol. The molecule has 16 heteroatoms. The minimum atomic E-state index is -4.87. The number of quaternary nitrogens is 1. The quantitative estimate of drug-likeness (QED) is 0.135. The second kappa shape index (κ2) is 13.8. The predicted octanol–water partition coefficient (Wildman–Crippen LogP) is 2.81. The summed E-state index contributed by atoms with van der Waals surface area (Å²) in [5.41, 5.74) is 11.5. The van der Waals surface area contributed by atoms with Crippen LogP contribution in [0.2, 0.25) is 0 Å². The van der Waals surface area contributed by atoms with Crippen LogP contribution in [-0.2, 0) is 20.2 Å². The third-order valence-electron chi connectivity index (χ3n) is 10.5. The molecular formula is C42H32N4O10S2+2. The van der Waals surface area contributed by atoms with E-state index in [-0.39, 0.29) is 55.9 Å². The molecule has 0 heterocycles. The van der Waals surface area contributed by atoms with Gasteiger partial charge in [-0.2, -0.15) is 16.8 Å². The van der Waals surface area contributed by atoms with Crippen molar-refractivity contribution in [2.75, 3.05) is 5.32 Å². The maximum Gasteiger partial charge on any atom is 0.300 e. The van der Waals surface area contributed by atoms with Gasteiger partial charge in [0.1, 0.15) is 4.91 Å². The summed E-state index contributed by atoms with van der Waals surface area (Å²) in [6.45, 7) is 1.49. The van der Waals surface area contributed by atoms with Crippen LogP contribution in [0, 0.1) is 5.92 Å². The lowest BCUT2D eigenvalue weighted by molar-refractivity contribution is -0.496. The summed E-state index contributed by atoms with van der Waals surface area (Å²) in [6, 6.07) is 19.2. The monoisotopic (exact) mass is 816 g/mol. The van der Waals surface area contributed by atoms with Gasteiger partial charge >= 0.3 is 10.1 Å². The fourth-order valence-electron chi connectivity index (χ4n) is 7.83. The lowest BCUT2D eigenvalue weighted by Crippen LogP contribution is -2.83. The Morgan fingerprint density at radius 1 is 0.724 bits per heavy atom. The predicted molar refractivity (Wildman–Crippen MR) is 212 cm³/mol. The first-order valence-electron chi connectivity index (χ1n) is 17.6. The van der Waals surface area contributed by atoms with Crippen molar-refractivity contribution in [3.63, 3.8) is 0 Å². The highest BCUT2D eigenvalue weighted by molar-refractivity contribution is 7.89. The highest BCUT2D eigenvalue weighted by Crippen LogP contribution is 2.41. The number of carbonyl (C=O) groups excluding carboxylic acids is 4. The number of rotatable bonds is 6. The number of carbonyl (C=O) groups is 4. The molecule has 290 valence electrons. The van der Waals surface area contributed by atoms with Crippen LogP contribution in [0.5, 0.6) is 0 Å². The van der Waals surface area contributed by atoms with Gasteiger partial charge in [0.25, 0.3) is 10.1 Å². The van der Waals surface area contributed by atoms with Gasteiger partial charge in [-0.15, -0.1) is 0 Å². The molecule has 9 N–H and O–H groups in total. The Morgan fingerprint density at radius 3 is 1.81 bits per heavy atom. The highest BCUT2D eigenvalue weighted by atomic mass is 32.2. The summed E-state index contributed by atoms with van der Waals surface area (Å²) in [5.74, 6) is -3.26. The number of allylic oxidation sites excluding steroid dienone is 6. The summed E-state index contributed by atoms with van der Waals surface area (Å²) in [6.07, 6.45) is 8.76. The van der Waals surface area contributed by atoms with Gasteiger partial charge in [-0.25, -0.2) is 4.99 Å². The van der Waals surface area contributed by atoms with Gasteiger partial charge in [0.15, 0.2) is 39.7 Å². The molecule has 0 fully saturated rings. The summed E-state index contributed by atoms with van der Waals surface area (Å²) in [4.78, 5) is 56.6. The maximum absolute atomic E-state index is 13.8. The number of hydrogen-bond acceptors (Lipinski definition) is 10. The molecule has 4 aromatic carbocycles. The first-order chi connectivity index (χ1) is 27.5. The standard InChI is InChI=1S/C42H30N4O10S2/c1-20-37(34-33(36(44)42(20)58(54,55)56)40(49)27-8-4-5-9-28(27)41(34)50)46-24-16-12-22(13-17-24)18-21-10-14-23(15-11-21)45-29-19-30(57(51,52)53)35(43)32-31(29)38(47)25-6-2-3-7-26(25)39(32)48/h2-20,37,45H,43-44H2,1H3,(H,51,52,53)(H,54,55,56)/p+2. The van der Waals surface area contributed by atoms with Crippen LogP contribution in [0.1, 0.15) is 65.0 Å². The van der Waals surface area contributed by atoms with Crippen LogP contribution in [0.15, 0.2) is 135 Å². The van der Waals surface area contributed by atoms with Gasteiger partial charge in [-0.05, 0) is 47.6 Å². The van der Waals surface area contributed by atoms with E-state index >= 15 is 0 Å². The van der Waals surface area contributed by atoms with E-state index in [1.165, 1.54) is 31.2 Å². The zero-order valence-electron chi connectivity index (χ0n) is 30.3. The fourth-order valence-corrected chi connectivity index (χ4v) is 9.49. The molecule has 4 aliphatic carbocycles. The van der Waals surface area contributed by atoms with Crippen LogP contribution < -0.4 is 21.8 Å². The van der Waals surface area contributed by atoms with E-state index in [2.05, 4.69) is 16.0 Å². The first-order valence-corrected chi connectivity index (χ1v) is 20.5. The first kappa shape index (κ1) is 38.2. The largest absolute Gasteiger partial charge is 0.397 e. The Bertz CT molecular complexity index is 3010. The topological polar surface area (TPSA) is 257 Å². The summed E-state index contributed by atoms with van der Waals surface area (Å²) in [7, 11) is -9.70. The molecule has 0 spiro atoms. The van der Waals surface area contributed by atoms with E-state index in [9.17, 15) is 45.1 Å². The van der Waals surface area contributed by atoms with E-state index in [0.717, 1.165) is 17.2 Å². The normalized spacial score (nSPS) is 18.8. The number of benzene rings is 4. The van der Waals surface area contributed by atoms with Crippen LogP contribution in [0.3, 0.4) is 0 Å². The molecular weight excluding hydrogens is 785 g/mol. The Balaban J connectivity index is 1.08. The smallest absolute Gasteiger partial charge is 0.300 e. The molecule has 0 saturated heterocycles. The van der Waals surface area contributed by atoms with Crippen molar-refractivity contribution in [3.8, 4) is 0 Å². The lowest BCUT2D eigenvalue weighted by atomic mass is 9.73. The Labute approximate surface area is 331 Å². The number of ketones is 4. The fraction of sp³-hybridized carbons (Fsp3) is 0.0714. The van der Waals surface area contributed by atoms with Gasteiger partial charge in [0, 0.05) is 40.1 Å². The minimum absolute atomic E-state index is 0.00300. The van der Waals surface area contributed by atoms with Crippen molar-refractivity contribution in [3.05, 3.63) is 169 Å². The zero-order valence-corrected chi connectivity index (χ0v) is 31.9. The summed E-state index contributed by atoms with van der Waals surface area (Å²) < 4.78 is 69.9. The molecule has 0 saturated carbocycles. The van der Waals surface area contributed by atoms with Crippen LogP contribution in [-0.4, -0.2) is 60.8 Å². The molecule has 2 unspecified atom stereocenters. The maximum atomic E-state index is 13.8. The molecule has 14 nitrogen and oxygen atoms in total. The van der Waals surface area contributed by atoms with Gasteiger partial charge in [0.05, 0.1) is 39.6 Å². The van der Waals surface area contributed by atoms with Gasteiger partial charge in [-0.1, -0.05) is 67.6 Å². The lowest BCUT2D eigenvalue weighted by Gasteiger charge is -2.31. The second-order valence-corrected chi connectivity index (χ2v) is 16.8. The number of hydrogen-bond donors (Lipinski definition) is 6. The van der Waals surface area contributed by atoms with Crippen molar-refractivity contribution in [2.45, 2.75) is 17.9 Å². The van der Waals surface area contributed by atoms with Crippen molar-refractivity contribution >= 4 is 72.2 Å². The molecule has 58 heavy (non-hydrogen) atoms. The van der Waals surface area contributed by atoms with E-state index < -0.39 is 70.8 Å². The number of fused-ring (bicyclic) bond motifs is 3. The zero-order chi connectivity index (χ0) is 41.4. The Hall–Kier alpha value is -6.69. The number of Topliss-reactive ketones (excluding diaryl/α,β-unsaturated/α-hetero) is 2. The average Bonchev–Trinajstić information content (AvgIpc) is 3.18. The van der Waals surface area contributed by atoms with E-state index in [1.54, 1.807) is 72.8 Å². The Kier molecular flexibility index (Phi) is 9.06. The van der Waals surface area contributed by atoms with E-state index in [0.29, 0.717) is 11.4 Å². The van der Waals surface area contributed by atoms with Crippen molar-refractivity contribution in [1.82, 2.24) is 0 Å². The van der Waals surface area contributed by atoms with Crippen LogP contribution in [0.25, 0.3) is 6.08 Å². The molecule has 0 radical (unpaired) electrons. The van der Waals surface area contributed by atoms with Crippen molar-refractivity contribution in [1.29, 1.82) is 0 Å². The minimum Gasteiger partial charge on any atom is -0.397 e. The molecule has 8 rings (SSSR count). The number of nitrogens with one attached hydrogen (secondary N) is 2. The van der Waals surface area contributed by atoms with E-state index in [1.807, 2.05) is 6.08 Å². The SMILES string of the molecule is CC1C(S(=O)(=O)O)=C(N)C2=C(C(=O)c3ccccc3C2=O)C1[NH+]=C1C=CC(=Cc2ccc(Nc3cc(S(=O)(=O)O)c([NH3+])c4c3C(=O)c3ccccc3C4=O)cc2)C=C1. The molecule has 4 aliphatic rings. The molecule has 0 aliphatic heterocycles. The van der Waals surface area contributed by atoms with Gasteiger partial charge in [0.2, 0.25) is 5.78 Å². The van der Waals surface area contributed by atoms with Gasteiger partial charge < -0.3 is 16.8 Å². The van der Waals surface area contributed by atoms with Crippen LogP contribution >= 0.6 is 0 Å². The summed E-state index contributed by atoms with van der Waals surface area (Å²) in [5, 5.41) is 3.03. The van der Waals surface area contributed by atoms with Gasteiger partial charge in [-0.3, -0.25) is 28.3 Å². The Morgan fingerprint density at radius 2 is 1.26 bits per heavy atom. The molecule has 4 aromatic rings. The summed E-state index contributed by atoms with van der Waals surface area (Å²) >= 11 is 0. The second-order valence-electron chi connectivity index (χ2n) is 14.0. The van der Waals surface area contributed by atoms with E-state index in [4.69, 9.17) is 5.73 Å². The molecule has 2 atom stereocenters. The molecule has 0 bridgehead atoms. The third-order valence-corrected chi connectivity index (χ3v) is 12.6. The highest BCUT2D eigenvalue weighted by Gasteiger charge is 2.49. The number of anilines is 2. The molecule has 0 amide bonds. The number of nitrogens with two attached hydrogens (primary N) is 1. The third kappa shape index (κ3) is 6.29.